The highest BCUT2D eigenvalue weighted by molar-refractivity contribution is 7.99. The van der Waals surface area contributed by atoms with Crippen LogP contribution in [0.1, 0.15) is 0 Å². The van der Waals surface area contributed by atoms with Gasteiger partial charge in [-0.15, -0.1) is 10.2 Å². The summed E-state index contributed by atoms with van der Waals surface area (Å²) in [5, 5.41) is 13.4. The molecule has 0 aliphatic rings. The van der Waals surface area contributed by atoms with Crippen LogP contribution in [0.5, 0.6) is 0 Å². The van der Waals surface area contributed by atoms with E-state index in [4.69, 9.17) is 4.42 Å². The maximum Gasteiger partial charge on any atom is 0.362 e. The van der Waals surface area contributed by atoms with Crippen LogP contribution in [0.15, 0.2) is 45.0 Å². The third-order valence-electron chi connectivity index (χ3n) is 2.62. The van der Waals surface area contributed by atoms with Crippen molar-refractivity contribution in [1.29, 1.82) is 0 Å². The van der Waals surface area contributed by atoms with Gasteiger partial charge in [0.25, 0.3) is 5.22 Å². The number of amides is 1. The van der Waals surface area contributed by atoms with Gasteiger partial charge >= 0.3 is 5.69 Å². The smallest absolute Gasteiger partial charge is 0.362 e. The number of hydrogen-bond donors (Lipinski definition) is 2. The summed E-state index contributed by atoms with van der Waals surface area (Å²) in [5.74, 6) is -0.629. The van der Waals surface area contributed by atoms with E-state index < -0.39 is 11.6 Å². The summed E-state index contributed by atoms with van der Waals surface area (Å²) in [6.07, 6.45) is 1.14. The lowest BCUT2D eigenvalue weighted by molar-refractivity contribution is -0.114. The number of benzene rings is 1. The van der Waals surface area contributed by atoms with Crippen LogP contribution < -0.4 is 11.1 Å². The molecule has 1 aromatic carbocycles. The fraction of sp³-hybridized carbons (Fsp3) is 0.0833. The van der Waals surface area contributed by atoms with E-state index in [-0.39, 0.29) is 22.7 Å². The Bertz CT molecular complexity index is 871. The minimum atomic E-state index is -0.556. The third-order valence-corrected chi connectivity index (χ3v) is 3.44. The first-order chi connectivity index (χ1) is 11.1. The molecule has 0 saturated heterocycles. The zero-order valence-corrected chi connectivity index (χ0v) is 12.2. The van der Waals surface area contributed by atoms with Crippen molar-refractivity contribution in [2.75, 3.05) is 11.2 Å². The number of nitrogens with zero attached hydrogens (tertiary/aromatic N) is 4. The van der Waals surface area contributed by atoms with Gasteiger partial charge in [0, 0.05) is 5.56 Å². The number of aromatic amines is 1. The number of carbonyl (C=O) groups excluding carboxylic acids is 1. The largest absolute Gasteiger partial charge is 0.411 e. The molecule has 2 aromatic heterocycles. The molecule has 3 rings (SSSR count). The van der Waals surface area contributed by atoms with Gasteiger partial charge in [-0.05, 0) is 24.3 Å². The topological polar surface area (TPSA) is 119 Å². The van der Waals surface area contributed by atoms with Gasteiger partial charge in [0.2, 0.25) is 11.8 Å². The Labute approximate surface area is 131 Å². The third kappa shape index (κ3) is 3.63. The van der Waals surface area contributed by atoms with Gasteiger partial charge in [-0.25, -0.2) is 14.3 Å². The van der Waals surface area contributed by atoms with E-state index in [2.05, 4.69) is 25.8 Å². The van der Waals surface area contributed by atoms with Gasteiger partial charge in [-0.1, -0.05) is 11.8 Å². The number of halogens is 1. The summed E-state index contributed by atoms with van der Waals surface area (Å²) in [4.78, 5) is 22.9. The van der Waals surface area contributed by atoms with Crippen LogP contribution in [0.4, 0.5) is 4.39 Å². The van der Waals surface area contributed by atoms with Crippen molar-refractivity contribution in [3.05, 3.63) is 46.9 Å². The number of rotatable bonds is 5. The number of thioether (sulfide) groups is 1. The molecule has 3 aromatic rings. The standard InChI is InChI=1S/C12H9FN6O3S/c13-8-3-1-7(2-4-8)10-15-17-12(22-10)23-5-9(20)18-19-6-14-16-11(19)21/h1-4,6H,5H2,(H,16,21)(H,18,20). The molecule has 0 aliphatic heterocycles. The van der Waals surface area contributed by atoms with E-state index in [1.165, 1.54) is 24.3 Å². The molecule has 2 heterocycles. The van der Waals surface area contributed by atoms with Crippen molar-refractivity contribution in [3.63, 3.8) is 0 Å². The Morgan fingerprint density at radius 3 is 2.83 bits per heavy atom. The first-order valence-corrected chi connectivity index (χ1v) is 7.24. The summed E-state index contributed by atoms with van der Waals surface area (Å²) in [5.41, 5.74) is 2.34. The van der Waals surface area contributed by atoms with E-state index in [0.717, 1.165) is 22.8 Å². The van der Waals surface area contributed by atoms with Crippen LogP contribution in [0.3, 0.4) is 0 Å². The van der Waals surface area contributed by atoms with Crippen LogP contribution in [-0.4, -0.2) is 36.7 Å². The van der Waals surface area contributed by atoms with Crippen LogP contribution in [0.2, 0.25) is 0 Å². The summed E-state index contributed by atoms with van der Waals surface area (Å²) in [6, 6.07) is 5.58. The summed E-state index contributed by atoms with van der Waals surface area (Å²) >= 11 is 1.00. The molecule has 0 atom stereocenters. The molecule has 0 aliphatic carbocycles. The Kier molecular flexibility index (Phi) is 4.19. The van der Waals surface area contributed by atoms with Crippen molar-refractivity contribution in [2.24, 2.45) is 0 Å². The number of aromatic nitrogens is 5. The molecule has 9 nitrogen and oxygen atoms in total. The molecule has 2 N–H and O–H groups in total. The van der Waals surface area contributed by atoms with Gasteiger partial charge in [-0.2, -0.15) is 9.77 Å². The molecule has 0 fully saturated rings. The zero-order chi connectivity index (χ0) is 16.2. The lowest BCUT2D eigenvalue weighted by atomic mass is 10.2. The van der Waals surface area contributed by atoms with Gasteiger partial charge in [0.1, 0.15) is 12.1 Å². The fourth-order valence-electron chi connectivity index (χ4n) is 1.60. The van der Waals surface area contributed by atoms with Gasteiger partial charge < -0.3 is 4.42 Å². The summed E-state index contributed by atoms with van der Waals surface area (Å²) < 4.78 is 19.1. The fourth-order valence-corrected chi connectivity index (χ4v) is 2.15. The Balaban J connectivity index is 1.59. The first-order valence-electron chi connectivity index (χ1n) is 6.26. The van der Waals surface area contributed by atoms with E-state index in [9.17, 15) is 14.0 Å². The average molecular weight is 336 g/mol. The monoisotopic (exact) mass is 336 g/mol. The molecule has 0 spiro atoms. The van der Waals surface area contributed by atoms with Gasteiger partial charge in [0.15, 0.2) is 0 Å². The minimum absolute atomic E-state index is 0.0390. The quantitative estimate of drug-likeness (QED) is 0.656. The Hall–Kier alpha value is -2.95. The number of hydrogen-bond acceptors (Lipinski definition) is 7. The highest BCUT2D eigenvalue weighted by Crippen LogP contribution is 2.23. The zero-order valence-electron chi connectivity index (χ0n) is 11.4. The second-order valence-corrected chi connectivity index (χ2v) is 5.16. The lowest BCUT2D eigenvalue weighted by Gasteiger charge is -2.01. The Morgan fingerprint density at radius 1 is 1.35 bits per heavy atom. The van der Waals surface area contributed by atoms with Crippen LogP contribution in [0.25, 0.3) is 11.5 Å². The SMILES string of the molecule is O=C(CSc1nnc(-c2ccc(F)cc2)o1)Nn1cn[nH]c1=O. The first kappa shape index (κ1) is 15.0. The lowest BCUT2D eigenvalue weighted by Crippen LogP contribution is -2.31. The molecule has 11 heteroatoms. The van der Waals surface area contributed by atoms with Gasteiger partial charge in [0.05, 0.1) is 5.75 Å². The van der Waals surface area contributed by atoms with E-state index in [0.29, 0.717) is 5.56 Å². The molecule has 1 amide bonds. The predicted octanol–water partition coefficient (Wildman–Crippen LogP) is 0.623. The predicted molar refractivity (Wildman–Crippen MR) is 77.6 cm³/mol. The molecule has 0 unspecified atom stereocenters. The second-order valence-electron chi connectivity index (χ2n) is 4.24. The molecule has 0 radical (unpaired) electrons. The van der Waals surface area contributed by atoms with Crippen molar-refractivity contribution in [2.45, 2.75) is 5.22 Å². The maximum absolute atomic E-state index is 12.9. The minimum Gasteiger partial charge on any atom is -0.411 e. The second kappa shape index (κ2) is 6.44. The number of H-pyrrole nitrogens is 1. The molecular formula is C12H9FN6O3S. The van der Waals surface area contributed by atoms with Crippen molar-refractivity contribution >= 4 is 17.7 Å². The summed E-state index contributed by atoms with van der Waals surface area (Å²) in [7, 11) is 0. The molecule has 0 bridgehead atoms. The van der Waals surface area contributed by atoms with E-state index >= 15 is 0 Å². The van der Waals surface area contributed by atoms with Crippen molar-refractivity contribution in [1.82, 2.24) is 25.1 Å². The molecule has 23 heavy (non-hydrogen) atoms. The van der Waals surface area contributed by atoms with E-state index in [1.807, 2.05) is 0 Å². The Morgan fingerprint density at radius 2 is 2.13 bits per heavy atom. The number of carbonyl (C=O) groups is 1. The van der Waals surface area contributed by atoms with Gasteiger partial charge in [-0.3, -0.25) is 10.2 Å². The van der Waals surface area contributed by atoms with Crippen LogP contribution in [-0.2, 0) is 4.79 Å². The normalized spacial score (nSPS) is 10.7. The average Bonchev–Trinajstić information content (AvgIpc) is 3.16. The highest BCUT2D eigenvalue weighted by atomic mass is 32.2. The highest BCUT2D eigenvalue weighted by Gasteiger charge is 2.12. The maximum atomic E-state index is 12.9. The van der Waals surface area contributed by atoms with Crippen molar-refractivity contribution in [3.8, 4) is 11.5 Å². The van der Waals surface area contributed by atoms with Crippen LogP contribution in [0, 0.1) is 5.82 Å². The molecule has 118 valence electrons. The van der Waals surface area contributed by atoms with Crippen molar-refractivity contribution < 1.29 is 13.6 Å². The molecular weight excluding hydrogens is 327 g/mol. The molecule has 0 saturated carbocycles. The number of nitrogens with one attached hydrogen (secondary N) is 2. The van der Waals surface area contributed by atoms with Crippen LogP contribution >= 0.6 is 11.8 Å². The summed E-state index contributed by atoms with van der Waals surface area (Å²) in [6.45, 7) is 0. The van der Waals surface area contributed by atoms with E-state index in [1.54, 1.807) is 0 Å².